The van der Waals surface area contributed by atoms with Gasteiger partial charge in [0.15, 0.2) is 0 Å². The fourth-order valence-electron chi connectivity index (χ4n) is 2.15. The average molecular weight is 303 g/mol. The maximum atomic E-state index is 5.72. The molecule has 0 atom stereocenters. The molecule has 0 saturated carbocycles. The van der Waals surface area contributed by atoms with Crippen molar-refractivity contribution in [1.29, 1.82) is 0 Å². The van der Waals surface area contributed by atoms with Crippen LogP contribution in [0.15, 0.2) is 41.1 Å². The molecule has 0 aliphatic rings. The van der Waals surface area contributed by atoms with E-state index in [1.54, 1.807) is 11.3 Å². The maximum Gasteiger partial charge on any atom is 0.119 e. The van der Waals surface area contributed by atoms with Crippen molar-refractivity contribution in [3.63, 3.8) is 0 Å². The van der Waals surface area contributed by atoms with Crippen LogP contribution in [0.25, 0.3) is 0 Å². The van der Waals surface area contributed by atoms with Crippen LogP contribution in [-0.4, -0.2) is 13.2 Å². The first-order chi connectivity index (χ1) is 10.4. The van der Waals surface area contributed by atoms with Gasteiger partial charge in [-0.15, -0.1) is 0 Å². The summed E-state index contributed by atoms with van der Waals surface area (Å²) < 4.78 is 5.72. The molecule has 0 bridgehead atoms. The van der Waals surface area contributed by atoms with Crippen molar-refractivity contribution >= 4 is 11.3 Å². The zero-order valence-corrected chi connectivity index (χ0v) is 13.6. The Labute approximate surface area is 132 Å². The minimum Gasteiger partial charge on any atom is -0.494 e. The second kappa shape index (κ2) is 9.59. The monoisotopic (exact) mass is 303 g/mol. The van der Waals surface area contributed by atoms with E-state index in [0.29, 0.717) is 0 Å². The van der Waals surface area contributed by atoms with Crippen molar-refractivity contribution in [2.45, 2.75) is 39.2 Å². The van der Waals surface area contributed by atoms with Crippen molar-refractivity contribution < 1.29 is 4.74 Å². The van der Waals surface area contributed by atoms with E-state index in [9.17, 15) is 0 Å². The molecule has 0 unspecified atom stereocenters. The summed E-state index contributed by atoms with van der Waals surface area (Å²) in [6.45, 7) is 4.97. The minimum absolute atomic E-state index is 0.825. The molecule has 0 spiro atoms. The van der Waals surface area contributed by atoms with E-state index in [1.807, 2.05) is 0 Å². The lowest BCUT2D eigenvalue weighted by Gasteiger charge is -2.08. The van der Waals surface area contributed by atoms with Crippen molar-refractivity contribution in [2.75, 3.05) is 13.2 Å². The summed E-state index contributed by atoms with van der Waals surface area (Å²) >= 11 is 1.76. The van der Waals surface area contributed by atoms with Gasteiger partial charge in [0, 0.05) is 6.54 Å². The summed E-state index contributed by atoms with van der Waals surface area (Å²) in [6, 6.07) is 10.6. The highest BCUT2D eigenvalue weighted by molar-refractivity contribution is 7.07. The number of hydrogen-bond donors (Lipinski definition) is 1. The smallest absolute Gasteiger partial charge is 0.119 e. The van der Waals surface area contributed by atoms with Crippen molar-refractivity contribution in [1.82, 2.24) is 5.32 Å². The average Bonchev–Trinajstić information content (AvgIpc) is 3.03. The Morgan fingerprint density at radius 1 is 1.05 bits per heavy atom. The normalized spacial score (nSPS) is 10.7. The maximum absolute atomic E-state index is 5.72. The van der Waals surface area contributed by atoms with Crippen LogP contribution in [0.2, 0.25) is 0 Å². The quantitative estimate of drug-likeness (QED) is 0.645. The van der Waals surface area contributed by atoms with E-state index in [2.05, 4.69) is 53.3 Å². The Bertz CT molecular complexity index is 478. The van der Waals surface area contributed by atoms with Gasteiger partial charge in [0.1, 0.15) is 5.75 Å². The summed E-state index contributed by atoms with van der Waals surface area (Å²) in [5.41, 5.74) is 2.73. The van der Waals surface area contributed by atoms with Crippen LogP contribution < -0.4 is 10.1 Å². The van der Waals surface area contributed by atoms with Gasteiger partial charge in [-0.2, -0.15) is 11.3 Å². The van der Waals surface area contributed by atoms with Crippen LogP contribution in [0.4, 0.5) is 0 Å². The topological polar surface area (TPSA) is 21.3 Å². The van der Waals surface area contributed by atoms with Crippen LogP contribution in [0.5, 0.6) is 5.75 Å². The molecule has 0 amide bonds. The molecular formula is C18H25NOS. The molecular weight excluding hydrogens is 278 g/mol. The molecule has 21 heavy (non-hydrogen) atoms. The number of hydrogen-bond acceptors (Lipinski definition) is 3. The van der Waals surface area contributed by atoms with Crippen molar-refractivity contribution in [2.24, 2.45) is 0 Å². The van der Waals surface area contributed by atoms with Gasteiger partial charge in [0.25, 0.3) is 0 Å². The molecule has 0 saturated heterocycles. The summed E-state index contributed by atoms with van der Waals surface area (Å²) in [6.07, 6.45) is 4.72. The largest absolute Gasteiger partial charge is 0.494 e. The van der Waals surface area contributed by atoms with Gasteiger partial charge >= 0.3 is 0 Å². The number of nitrogens with one attached hydrogen (secondary N) is 1. The number of benzene rings is 1. The Kier molecular flexibility index (Phi) is 7.33. The lowest BCUT2D eigenvalue weighted by molar-refractivity contribution is 0.306. The Morgan fingerprint density at radius 3 is 2.62 bits per heavy atom. The second-order valence-corrected chi connectivity index (χ2v) is 6.04. The highest BCUT2D eigenvalue weighted by Gasteiger charge is 1.97. The second-order valence-electron chi connectivity index (χ2n) is 5.26. The molecule has 1 heterocycles. The number of ether oxygens (including phenoxy) is 1. The first-order valence-corrected chi connectivity index (χ1v) is 8.76. The van der Waals surface area contributed by atoms with Crippen molar-refractivity contribution in [3.05, 3.63) is 52.2 Å². The fraction of sp³-hybridized carbons (Fsp3) is 0.444. The van der Waals surface area contributed by atoms with Gasteiger partial charge in [-0.1, -0.05) is 31.9 Å². The zero-order chi connectivity index (χ0) is 14.8. The van der Waals surface area contributed by atoms with Crippen LogP contribution in [-0.2, 0) is 13.0 Å². The Balaban J connectivity index is 1.62. The highest BCUT2D eigenvalue weighted by Crippen LogP contribution is 2.13. The Hall–Kier alpha value is -1.32. The number of unbranched alkanes of at least 4 members (excludes halogenated alkanes) is 2. The molecule has 1 aromatic carbocycles. The first kappa shape index (κ1) is 16.1. The minimum atomic E-state index is 0.825. The van der Waals surface area contributed by atoms with E-state index in [0.717, 1.165) is 38.3 Å². The van der Waals surface area contributed by atoms with Crippen LogP contribution in [0.3, 0.4) is 0 Å². The van der Waals surface area contributed by atoms with Gasteiger partial charge in [0.2, 0.25) is 0 Å². The third kappa shape index (κ3) is 6.32. The third-order valence-corrected chi connectivity index (χ3v) is 4.17. The molecule has 1 aromatic heterocycles. The standard InChI is InChI=1S/C18H25NOS/c1-2-3-4-12-20-18-7-5-16(6-8-18)14-19-11-9-17-10-13-21-15-17/h5-8,10,13,15,19H,2-4,9,11-12,14H2,1H3. The molecule has 2 rings (SSSR count). The summed E-state index contributed by atoms with van der Waals surface area (Å²) in [5, 5.41) is 7.83. The first-order valence-electron chi connectivity index (χ1n) is 7.82. The third-order valence-electron chi connectivity index (χ3n) is 3.44. The lowest BCUT2D eigenvalue weighted by atomic mass is 10.2. The predicted molar refractivity (Wildman–Crippen MR) is 91.2 cm³/mol. The van der Waals surface area contributed by atoms with Crippen LogP contribution >= 0.6 is 11.3 Å². The van der Waals surface area contributed by atoms with Crippen LogP contribution in [0, 0.1) is 0 Å². The van der Waals surface area contributed by atoms with Gasteiger partial charge in [0.05, 0.1) is 6.61 Å². The fourth-order valence-corrected chi connectivity index (χ4v) is 2.85. The van der Waals surface area contributed by atoms with E-state index in [1.165, 1.54) is 24.0 Å². The summed E-state index contributed by atoms with van der Waals surface area (Å²) in [5.74, 6) is 0.980. The van der Waals surface area contributed by atoms with E-state index < -0.39 is 0 Å². The zero-order valence-electron chi connectivity index (χ0n) is 12.8. The molecule has 3 heteroatoms. The Morgan fingerprint density at radius 2 is 1.90 bits per heavy atom. The lowest BCUT2D eigenvalue weighted by Crippen LogP contribution is -2.16. The molecule has 0 aliphatic heterocycles. The van der Waals surface area contributed by atoms with E-state index in [4.69, 9.17) is 4.74 Å². The van der Waals surface area contributed by atoms with Gasteiger partial charge < -0.3 is 10.1 Å². The molecule has 114 valence electrons. The molecule has 2 aromatic rings. The van der Waals surface area contributed by atoms with Crippen molar-refractivity contribution in [3.8, 4) is 5.75 Å². The molecule has 0 aliphatic carbocycles. The van der Waals surface area contributed by atoms with Gasteiger partial charge in [-0.3, -0.25) is 0 Å². The SMILES string of the molecule is CCCCCOc1ccc(CNCCc2ccsc2)cc1. The van der Waals surface area contributed by atoms with Gasteiger partial charge in [-0.05, 0) is 59.5 Å². The molecule has 2 nitrogen and oxygen atoms in total. The molecule has 1 N–H and O–H groups in total. The number of rotatable bonds is 10. The van der Waals surface area contributed by atoms with E-state index >= 15 is 0 Å². The number of thiophene rings is 1. The van der Waals surface area contributed by atoms with Crippen LogP contribution in [0.1, 0.15) is 37.3 Å². The highest BCUT2D eigenvalue weighted by atomic mass is 32.1. The summed E-state index contributed by atoms with van der Waals surface area (Å²) in [4.78, 5) is 0. The van der Waals surface area contributed by atoms with E-state index in [-0.39, 0.29) is 0 Å². The summed E-state index contributed by atoms with van der Waals surface area (Å²) in [7, 11) is 0. The molecule has 0 radical (unpaired) electrons. The molecule has 0 fully saturated rings. The predicted octanol–water partition coefficient (Wildman–Crippen LogP) is 4.65. The van der Waals surface area contributed by atoms with Gasteiger partial charge in [-0.25, -0.2) is 0 Å².